The average Bonchev–Trinajstić information content (AvgIpc) is 2.50. The van der Waals surface area contributed by atoms with Gasteiger partial charge in [-0.05, 0) is 25.3 Å². The van der Waals surface area contributed by atoms with Crippen LogP contribution in [0.1, 0.15) is 44.7 Å². The van der Waals surface area contributed by atoms with Crippen molar-refractivity contribution in [3.63, 3.8) is 0 Å². The Morgan fingerprint density at radius 3 is 2.25 bits per heavy atom. The zero-order valence-electron chi connectivity index (χ0n) is 14.1. The minimum atomic E-state index is -0.677. The van der Waals surface area contributed by atoms with E-state index in [1.54, 1.807) is 0 Å². The standard InChI is InChI=1S/C15H21N3O6/c1-5-11(6-2)16-14-13(17(20)21)7-9(3)12(8-24-10(4)19)15(14)18(22)23/h7,11,16H,5-6,8H2,1-4H3. The van der Waals surface area contributed by atoms with Gasteiger partial charge in [0.05, 0.1) is 15.4 Å². The van der Waals surface area contributed by atoms with Gasteiger partial charge >= 0.3 is 11.7 Å². The fourth-order valence-corrected chi connectivity index (χ4v) is 2.36. The fourth-order valence-electron chi connectivity index (χ4n) is 2.36. The van der Waals surface area contributed by atoms with Crippen LogP contribution in [-0.4, -0.2) is 21.9 Å². The van der Waals surface area contributed by atoms with E-state index in [0.29, 0.717) is 18.4 Å². The van der Waals surface area contributed by atoms with E-state index in [-0.39, 0.29) is 29.6 Å². The topological polar surface area (TPSA) is 125 Å². The predicted octanol–water partition coefficient (Wildman–Crippen LogP) is 3.48. The summed E-state index contributed by atoms with van der Waals surface area (Å²) in [5.74, 6) is -0.587. The highest BCUT2D eigenvalue weighted by Crippen LogP contribution is 2.40. The molecule has 0 unspecified atom stereocenters. The summed E-state index contributed by atoms with van der Waals surface area (Å²) in [7, 11) is 0. The van der Waals surface area contributed by atoms with Crippen molar-refractivity contribution in [2.24, 2.45) is 0 Å². The summed E-state index contributed by atoms with van der Waals surface area (Å²) in [5.41, 5.74) is -0.460. The summed E-state index contributed by atoms with van der Waals surface area (Å²) in [6.45, 7) is 6.16. The van der Waals surface area contributed by atoms with Gasteiger partial charge in [0.1, 0.15) is 6.61 Å². The van der Waals surface area contributed by atoms with Crippen LogP contribution in [0.15, 0.2) is 6.07 Å². The normalized spacial score (nSPS) is 10.5. The number of nitrogens with one attached hydrogen (secondary N) is 1. The summed E-state index contributed by atoms with van der Waals surface area (Å²) in [6, 6.07) is 1.11. The second kappa shape index (κ2) is 8.23. The van der Waals surface area contributed by atoms with Gasteiger partial charge in [0, 0.05) is 19.0 Å². The molecule has 9 nitrogen and oxygen atoms in total. The number of ether oxygens (including phenoxy) is 1. The summed E-state index contributed by atoms with van der Waals surface area (Å²) in [4.78, 5) is 32.6. The van der Waals surface area contributed by atoms with Crippen molar-refractivity contribution in [2.45, 2.75) is 53.2 Å². The van der Waals surface area contributed by atoms with Crippen LogP contribution in [0.5, 0.6) is 0 Å². The molecule has 0 atom stereocenters. The molecule has 0 heterocycles. The van der Waals surface area contributed by atoms with Gasteiger partial charge in [-0.1, -0.05) is 13.8 Å². The van der Waals surface area contributed by atoms with Crippen molar-refractivity contribution in [1.82, 2.24) is 0 Å². The van der Waals surface area contributed by atoms with Gasteiger partial charge in [0.25, 0.3) is 5.69 Å². The van der Waals surface area contributed by atoms with Gasteiger partial charge in [-0.25, -0.2) is 0 Å². The monoisotopic (exact) mass is 339 g/mol. The number of benzene rings is 1. The lowest BCUT2D eigenvalue weighted by atomic mass is 10.0. The average molecular weight is 339 g/mol. The molecule has 0 aliphatic rings. The third-order valence-electron chi connectivity index (χ3n) is 3.74. The highest BCUT2D eigenvalue weighted by Gasteiger charge is 2.32. The van der Waals surface area contributed by atoms with Gasteiger partial charge in [-0.2, -0.15) is 0 Å². The Bertz CT molecular complexity index is 655. The van der Waals surface area contributed by atoms with Crippen molar-refractivity contribution in [3.8, 4) is 0 Å². The molecule has 1 aromatic carbocycles. The predicted molar refractivity (Wildman–Crippen MR) is 88.0 cm³/mol. The number of hydrogen-bond donors (Lipinski definition) is 1. The van der Waals surface area contributed by atoms with Crippen molar-refractivity contribution in [2.75, 3.05) is 5.32 Å². The van der Waals surface area contributed by atoms with Crippen molar-refractivity contribution in [1.29, 1.82) is 0 Å². The molecule has 0 bridgehead atoms. The molecule has 0 aromatic heterocycles. The Hall–Kier alpha value is -2.71. The van der Waals surface area contributed by atoms with Gasteiger partial charge < -0.3 is 10.1 Å². The van der Waals surface area contributed by atoms with Crippen molar-refractivity contribution < 1.29 is 19.4 Å². The van der Waals surface area contributed by atoms with E-state index in [1.807, 2.05) is 13.8 Å². The van der Waals surface area contributed by atoms with Crippen LogP contribution in [0.25, 0.3) is 0 Å². The molecular formula is C15H21N3O6. The molecule has 1 rings (SSSR count). The molecule has 24 heavy (non-hydrogen) atoms. The molecule has 0 spiro atoms. The van der Waals surface area contributed by atoms with E-state index in [1.165, 1.54) is 19.9 Å². The summed E-state index contributed by atoms with van der Waals surface area (Å²) in [5, 5.41) is 25.8. The third-order valence-corrected chi connectivity index (χ3v) is 3.74. The van der Waals surface area contributed by atoms with Crippen LogP contribution < -0.4 is 5.32 Å². The first kappa shape index (κ1) is 19.3. The maximum atomic E-state index is 11.6. The second-order valence-electron chi connectivity index (χ2n) is 5.37. The number of nitrogens with zero attached hydrogens (tertiary/aromatic N) is 2. The number of nitro benzene ring substituents is 2. The lowest BCUT2D eigenvalue weighted by Gasteiger charge is -2.18. The van der Waals surface area contributed by atoms with E-state index in [2.05, 4.69) is 5.32 Å². The molecule has 132 valence electrons. The summed E-state index contributed by atoms with van der Waals surface area (Å²) in [6.07, 6.45) is 1.30. The van der Waals surface area contributed by atoms with Gasteiger partial charge in [0.15, 0.2) is 5.69 Å². The number of hydrogen-bond acceptors (Lipinski definition) is 7. The van der Waals surface area contributed by atoms with E-state index in [9.17, 15) is 25.0 Å². The first-order chi connectivity index (χ1) is 11.2. The zero-order valence-corrected chi connectivity index (χ0v) is 14.1. The van der Waals surface area contributed by atoms with Crippen molar-refractivity contribution in [3.05, 3.63) is 37.4 Å². The van der Waals surface area contributed by atoms with Gasteiger partial charge in [-0.15, -0.1) is 0 Å². The molecule has 0 amide bonds. The first-order valence-corrected chi connectivity index (χ1v) is 7.57. The molecule has 0 radical (unpaired) electrons. The van der Waals surface area contributed by atoms with Crippen LogP contribution in [0.4, 0.5) is 17.1 Å². The Morgan fingerprint density at radius 2 is 1.83 bits per heavy atom. The van der Waals surface area contributed by atoms with E-state index >= 15 is 0 Å². The molecular weight excluding hydrogens is 318 g/mol. The number of nitro groups is 2. The van der Waals surface area contributed by atoms with Crippen LogP contribution >= 0.6 is 0 Å². The van der Waals surface area contributed by atoms with Crippen LogP contribution in [0.2, 0.25) is 0 Å². The number of aryl methyl sites for hydroxylation is 1. The van der Waals surface area contributed by atoms with E-state index in [4.69, 9.17) is 4.74 Å². The molecule has 0 aliphatic carbocycles. The van der Waals surface area contributed by atoms with Crippen LogP contribution in [0.3, 0.4) is 0 Å². The largest absolute Gasteiger partial charge is 0.461 e. The lowest BCUT2D eigenvalue weighted by molar-refractivity contribution is -0.393. The minimum Gasteiger partial charge on any atom is -0.461 e. The number of carbonyl (C=O) groups is 1. The lowest BCUT2D eigenvalue weighted by Crippen LogP contribution is -2.20. The highest BCUT2D eigenvalue weighted by atomic mass is 16.6. The molecule has 1 N–H and O–H groups in total. The third kappa shape index (κ3) is 4.40. The Balaban J connectivity index is 3.59. The maximum Gasteiger partial charge on any atom is 0.306 e. The molecule has 0 fully saturated rings. The van der Waals surface area contributed by atoms with Crippen molar-refractivity contribution >= 4 is 23.0 Å². The molecule has 0 aliphatic heterocycles. The first-order valence-electron chi connectivity index (χ1n) is 7.57. The summed E-state index contributed by atoms with van der Waals surface area (Å²) < 4.78 is 4.87. The van der Waals surface area contributed by atoms with Crippen LogP contribution in [0, 0.1) is 27.2 Å². The second-order valence-corrected chi connectivity index (χ2v) is 5.37. The Morgan fingerprint density at radius 1 is 1.25 bits per heavy atom. The fraction of sp³-hybridized carbons (Fsp3) is 0.533. The number of carbonyl (C=O) groups excluding carboxylic acids is 1. The number of rotatable bonds is 8. The SMILES string of the molecule is CCC(CC)Nc1c([N+](=O)[O-])cc(C)c(COC(C)=O)c1[N+](=O)[O-]. The smallest absolute Gasteiger partial charge is 0.306 e. The van der Waals surface area contributed by atoms with Crippen LogP contribution in [-0.2, 0) is 16.1 Å². The quantitative estimate of drug-likeness (QED) is 0.436. The summed E-state index contributed by atoms with van der Waals surface area (Å²) >= 11 is 0. The van der Waals surface area contributed by atoms with E-state index < -0.39 is 21.5 Å². The molecule has 1 aromatic rings. The minimum absolute atomic E-state index is 0.147. The Kier molecular flexibility index (Phi) is 6.63. The number of esters is 1. The number of anilines is 1. The maximum absolute atomic E-state index is 11.6. The van der Waals surface area contributed by atoms with E-state index in [0.717, 1.165) is 0 Å². The highest BCUT2D eigenvalue weighted by molar-refractivity contribution is 5.78. The molecule has 9 heteroatoms. The molecule has 0 saturated carbocycles. The zero-order chi connectivity index (χ0) is 18.4. The van der Waals surface area contributed by atoms with Gasteiger partial charge in [0.2, 0.25) is 0 Å². The van der Waals surface area contributed by atoms with Gasteiger partial charge in [-0.3, -0.25) is 25.0 Å². The Labute approximate surface area is 139 Å². The molecule has 0 saturated heterocycles.